The Morgan fingerprint density at radius 3 is 2.21 bits per heavy atom. The zero-order valence-corrected chi connectivity index (χ0v) is 20.8. The minimum atomic E-state index is -1.14. The first-order valence-corrected chi connectivity index (χ1v) is 12.6. The van der Waals surface area contributed by atoms with E-state index in [-0.39, 0.29) is 24.4 Å². The van der Waals surface area contributed by atoms with Gasteiger partial charge in [-0.15, -0.1) is 0 Å². The van der Waals surface area contributed by atoms with Crippen molar-refractivity contribution in [1.29, 1.82) is 0 Å². The standard InChI is InChI=1S/C26H42O7/c1-6-10-11-12-13-21(30)32-23-16(5)18(27)14-17-19(28)15-20(29)24(22(17)23)33-25(31)26(7-2,8-3)9-4/h14,16,20,22-24,27-29H,6-13,15H2,1-5H3. The van der Waals surface area contributed by atoms with Crippen LogP contribution in [-0.2, 0) is 19.1 Å². The van der Waals surface area contributed by atoms with Gasteiger partial charge in [-0.25, -0.2) is 0 Å². The SMILES string of the molecule is CCCCCCC(=O)OC1C(C)C(O)=CC2=C(O)CC(O)C(OC(=O)C(CC)(CC)CC)C21. The third kappa shape index (κ3) is 5.92. The molecule has 188 valence electrons. The summed E-state index contributed by atoms with van der Waals surface area (Å²) in [6.07, 6.45) is 4.16. The average Bonchev–Trinajstić information content (AvgIpc) is 2.79. The number of unbranched alkanes of at least 4 members (excludes halogenated alkanes) is 3. The van der Waals surface area contributed by atoms with Crippen LogP contribution in [0.1, 0.15) is 92.4 Å². The highest BCUT2D eigenvalue weighted by molar-refractivity contribution is 5.77. The van der Waals surface area contributed by atoms with Crippen LogP contribution in [0.3, 0.4) is 0 Å². The van der Waals surface area contributed by atoms with Crippen LogP contribution in [0.25, 0.3) is 0 Å². The van der Waals surface area contributed by atoms with Gasteiger partial charge < -0.3 is 24.8 Å². The van der Waals surface area contributed by atoms with Crippen molar-refractivity contribution < 1.29 is 34.4 Å². The number of esters is 2. The van der Waals surface area contributed by atoms with Gasteiger partial charge in [-0.05, 0) is 31.8 Å². The molecule has 5 unspecified atom stereocenters. The van der Waals surface area contributed by atoms with Crippen molar-refractivity contribution in [3.8, 4) is 0 Å². The third-order valence-corrected chi connectivity index (χ3v) is 7.65. The van der Waals surface area contributed by atoms with Gasteiger partial charge in [0, 0.05) is 18.4 Å². The zero-order valence-electron chi connectivity index (χ0n) is 20.8. The maximum atomic E-state index is 13.2. The lowest BCUT2D eigenvalue weighted by Crippen LogP contribution is -2.53. The van der Waals surface area contributed by atoms with Crippen molar-refractivity contribution in [3.63, 3.8) is 0 Å². The summed E-state index contributed by atoms with van der Waals surface area (Å²) in [7, 11) is 0. The molecule has 7 heteroatoms. The van der Waals surface area contributed by atoms with E-state index in [0.29, 0.717) is 31.3 Å². The van der Waals surface area contributed by atoms with Crippen molar-refractivity contribution in [2.75, 3.05) is 0 Å². The van der Waals surface area contributed by atoms with Crippen LogP contribution in [0.4, 0.5) is 0 Å². The van der Waals surface area contributed by atoms with Crippen molar-refractivity contribution in [3.05, 3.63) is 23.2 Å². The molecule has 33 heavy (non-hydrogen) atoms. The summed E-state index contributed by atoms with van der Waals surface area (Å²) in [6.45, 7) is 9.64. The Hall–Kier alpha value is -2.02. The molecule has 5 atom stereocenters. The van der Waals surface area contributed by atoms with E-state index in [0.717, 1.165) is 19.3 Å². The Bertz CT molecular complexity index is 741. The van der Waals surface area contributed by atoms with E-state index in [1.165, 1.54) is 6.08 Å². The minimum absolute atomic E-state index is 0.0110. The predicted octanol–water partition coefficient (Wildman–Crippen LogP) is 5.28. The van der Waals surface area contributed by atoms with Crippen LogP contribution in [0.15, 0.2) is 23.2 Å². The van der Waals surface area contributed by atoms with E-state index in [9.17, 15) is 24.9 Å². The van der Waals surface area contributed by atoms with Gasteiger partial charge in [0.2, 0.25) is 0 Å². The molecule has 2 aliphatic rings. The molecule has 3 N–H and O–H groups in total. The van der Waals surface area contributed by atoms with Gasteiger partial charge in [0.15, 0.2) is 0 Å². The normalized spacial score (nSPS) is 27.6. The topological polar surface area (TPSA) is 113 Å². The third-order valence-electron chi connectivity index (χ3n) is 7.65. The summed E-state index contributed by atoms with van der Waals surface area (Å²) >= 11 is 0. The second-order valence-corrected chi connectivity index (χ2v) is 9.53. The first-order chi connectivity index (χ1) is 15.6. The zero-order chi connectivity index (χ0) is 24.8. The second-order valence-electron chi connectivity index (χ2n) is 9.53. The second kappa shape index (κ2) is 11.9. The van der Waals surface area contributed by atoms with Crippen molar-refractivity contribution >= 4 is 11.9 Å². The largest absolute Gasteiger partial charge is 0.512 e. The van der Waals surface area contributed by atoms with Crippen LogP contribution in [0.2, 0.25) is 0 Å². The molecule has 0 spiro atoms. The van der Waals surface area contributed by atoms with Gasteiger partial charge in [0.25, 0.3) is 0 Å². The molecule has 7 nitrogen and oxygen atoms in total. The van der Waals surface area contributed by atoms with E-state index in [1.54, 1.807) is 6.92 Å². The number of hydrogen-bond acceptors (Lipinski definition) is 7. The number of aliphatic hydroxyl groups is 3. The number of aliphatic hydroxyl groups excluding tert-OH is 3. The number of fused-ring (bicyclic) bond motifs is 1. The van der Waals surface area contributed by atoms with Crippen LogP contribution < -0.4 is 0 Å². The first-order valence-electron chi connectivity index (χ1n) is 12.6. The lowest BCUT2D eigenvalue weighted by atomic mass is 9.71. The van der Waals surface area contributed by atoms with Gasteiger partial charge in [-0.3, -0.25) is 9.59 Å². The first kappa shape index (κ1) is 27.2. The smallest absolute Gasteiger partial charge is 0.312 e. The van der Waals surface area contributed by atoms with Crippen LogP contribution in [0.5, 0.6) is 0 Å². The van der Waals surface area contributed by atoms with E-state index < -0.39 is 47.5 Å². The quantitative estimate of drug-likeness (QED) is 0.280. The van der Waals surface area contributed by atoms with Crippen molar-refractivity contribution in [2.24, 2.45) is 17.3 Å². The summed E-state index contributed by atoms with van der Waals surface area (Å²) in [6, 6.07) is 0. The van der Waals surface area contributed by atoms with Crippen molar-refractivity contribution in [1.82, 2.24) is 0 Å². The van der Waals surface area contributed by atoms with Gasteiger partial charge in [-0.1, -0.05) is 53.9 Å². The monoisotopic (exact) mass is 466 g/mol. The molecule has 0 aromatic rings. The predicted molar refractivity (Wildman–Crippen MR) is 125 cm³/mol. The molecule has 0 bridgehead atoms. The average molecular weight is 467 g/mol. The molecule has 0 aromatic carbocycles. The number of ether oxygens (including phenoxy) is 2. The molecule has 0 amide bonds. The summed E-state index contributed by atoms with van der Waals surface area (Å²) in [4.78, 5) is 25.8. The fourth-order valence-corrected chi connectivity index (χ4v) is 5.02. The molecular formula is C26H42O7. The van der Waals surface area contributed by atoms with E-state index in [2.05, 4.69) is 6.92 Å². The molecule has 0 fully saturated rings. The van der Waals surface area contributed by atoms with Gasteiger partial charge in [-0.2, -0.15) is 0 Å². The molecule has 0 aromatic heterocycles. The fourth-order valence-electron chi connectivity index (χ4n) is 5.02. The lowest BCUT2D eigenvalue weighted by Gasteiger charge is -2.44. The summed E-state index contributed by atoms with van der Waals surface area (Å²) in [5.74, 6) is -2.21. The van der Waals surface area contributed by atoms with Crippen LogP contribution >= 0.6 is 0 Å². The van der Waals surface area contributed by atoms with Gasteiger partial charge >= 0.3 is 11.9 Å². The minimum Gasteiger partial charge on any atom is -0.512 e. The Morgan fingerprint density at radius 1 is 1.00 bits per heavy atom. The highest BCUT2D eigenvalue weighted by Crippen LogP contribution is 2.44. The Balaban J connectivity index is 2.34. The highest BCUT2D eigenvalue weighted by Gasteiger charge is 2.51. The molecule has 0 radical (unpaired) electrons. The maximum absolute atomic E-state index is 13.2. The Kier molecular flexibility index (Phi) is 9.83. The van der Waals surface area contributed by atoms with Gasteiger partial charge in [0.05, 0.1) is 34.9 Å². The molecule has 0 saturated heterocycles. The van der Waals surface area contributed by atoms with Gasteiger partial charge in [0.1, 0.15) is 12.2 Å². The summed E-state index contributed by atoms with van der Waals surface area (Å²) < 4.78 is 11.7. The summed E-state index contributed by atoms with van der Waals surface area (Å²) in [5.41, 5.74) is -0.306. The van der Waals surface area contributed by atoms with E-state index >= 15 is 0 Å². The molecule has 2 rings (SSSR count). The van der Waals surface area contributed by atoms with Crippen LogP contribution in [-0.4, -0.2) is 45.6 Å². The Morgan fingerprint density at radius 2 is 1.64 bits per heavy atom. The highest BCUT2D eigenvalue weighted by atomic mass is 16.6. The molecular weight excluding hydrogens is 424 g/mol. The maximum Gasteiger partial charge on any atom is 0.312 e. The number of carbonyl (C=O) groups excluding carboxylic acids is 2. The summed E-state index contributed by atoms with van der Waals surface area (Å²) in [5, 5.41) is 31.9. The molecule has 0 heterocycles. The number of hydrogen-bond donors (Lipinski definition) is 3. The number of rotatable bonds is 11. The fraction of sp³-hybridized carbons (Fsp3) is 0.769. The van der Waals surface area contributed by atoms with E-state index in [1.807, 2.05) is 20.8 Å². The lowest BCUT2D eigenvalue weighted by molar-refractivity contribution is -0.182. The molecule has 0 aliphatic heterocycles. The number of allylic oxidation sites excluding steroid dienone is 1. The van der Waals surface area contributed by atoms with Crippen LogP contribution in [0, 0.1) is 17.3 Å². The number of carbonyl (C=O) groups is 2. The Labute approximate surface area is 197 Å². The molecule has 0 saturated carbocycles. The van der Waals surface area contributed by atoms with E-state index in [4.69, 9.17) is 9.47 Å². The molecule has 2 aliphatic carbocycles. The van der Waals surface area contributed by atoms with Crippen molar-refractivity contribution in [2.45, 2.75) is 111 Å².